The molecule has 0 aliphatic heterocycles. The number of hydrogen-bond acceptors (Lipinski definition) is 3. The average Bonchev–Trinajstić information content (AvgIpc) is 2.80. The summed E-state index contributed by atoms with van der Waals surface area (Å²) >= 11 is 0. The number of aromatic nitrogens is 2. The molecule has 1 saturated carbocycles. The van der Waals surface area contributed by atoms with Crippen molar-refractivity contribution >= 4 is 16.7 Å². The monoisotopic (exact) mass is 285 g/mol. The van der Waals surface area contributed by atoms with Crippen LogP contribution in [0.5, 0.6) is 0 Å². The van der Waals surface area contributed by atoms with E-state index in [1.807, 2.05) is 0 Å². The normalized spacial score (nSPS) is 25.1. The third-order valence-electron chi connectivity index (χ3n) is 4.69. The van der Waals surface area contributed by atoms with Crippen LogP contribution in [0.2, 0.25) is 0 Å². The highest BCUT2D eigenvalue weighted by atomic mass is 16.2. The summed E-state index contributed by atoms with van der Waals surface area (Å²) < 4.78 is 0. The Morgan fingerprint density at radius 1 is 1.24 bits per heavy atom. The van der Waals surface area contributed by atoms with E-state index in [1.165, 1.54) is 0 Å². The van der Waals surface area contributed by atoms with E-state index in [-0.39, 0.29) is 23.2 Å². The molecule has 0 spiro atoms. The van der Waals surface area contributed by atoms with Crippen LogP contribution in [0.15, 0.2) is 29.1 Å². The fourth-order valence-electron chi connectivity index (χ4n) is 3.09. The first-order chi connectivity index (χ1) is 10.1. The van der Waals surface area contributed by atoms with Crippen molar-refractivity contribution in [3.63, 3.8) is 0 Å². The van der Waals surface area contributed by atoms with E-state index in [0.29, 0.717) is 22.6 Å². The van der Waals surface area contributed by atoms with E-state index in [0.717, 1.165) is 12.8 Å². The van der Waals surface area contributed by atoms with Gasteiger partial charge >= 0.3 is 0 Å². The molecular formula is C16H19N3O2. The molecule has 2 aromatic rings. The van der Waals surface area contributed by atoms with Gasteiger partial charge in [0.1, 0.15) is 0 Å². The molecule has 3 rings (SSSR count). The number of amides is 1. The van der Waals surface area contributed by atoms with Crippen molar-refractivity contribution in [1.82, 2.24) is 15.5 Å². The van der Waals surface area contributed by atoms with Crippen molar-refractivity contribution < 1.29 is 4.79 Å². The molecule has 5 nitrogen and oxygen atoms in total. The van der Waals surface area contributed by atoms with Gasteiger partial charge in [-0.05, 0) is 30.7 Å². The number of hydrogen-bond donors (Lipinski definition) is 2. The number of nitrogens with zero attached hydrogens (tertiary/aromatic N) is 1. The topological polar surface area (TPSA) is 74.8 Å². The zero-order chi connectivity index (χ0) is 15.0. The van der Waals surface area contributed by atoms with Gasteiger partial charge in [-0.2, -0.15) is 5.10 Å². The van der Waals surface area contributed by atoms with Crippen molar-refractivity contribution in [2.75, 3.05) is 0 Å². The Morgan fingerprint density at radius 2 is 1.95 bits per heavy atom. The van der Waals surface area contributed by atoms with Gasteiger partial charge in [0.15, 0.2) is 5.69 Å². The minimum Gasteiger partial charge on any atom is -0.348 e. The predicted octanol–water partition coefficient (Wildman–Crippen LogP) is 2.09. The van der Waals surface area contributed by atoms with Crippen molar-refractivity contribution in [3.8, 4) is 0 Å². The number of nitrogens with one attached hydrogen (secondary N) is 2. The van der Waals surface area contributed by atoms with Gasteiger partial charge in [-0.1, -0.05) is 32.0 Å². The predicted molar refractivity (Wildman–Crippen MR) is 81.2 cm³/mol. The molecular weight excluding hydrogens is 266 g/mol. The standard InChI is InChI=1S/C16H19N3O2/c1-9-7-8-13(10(9)2)17-16(21)14-11-5-3-4-6-12(11)15(20)19-18-14/h3-6,9-10,13H,7-8H2,1-2H3,(H,17,21)(H,19,20). The van der Waals surface area contributed by atoms with Crippen LogP contribution < -0.4 is 10.9 Å². The molecule has 1 aromatic heterocycles. The van der Waals surface area contributed by atoms with Gasteiger partial charge in [-0.15, -0.1) is 0 Å². The van der Waals surface area contributed by atoms with Crippen LogP contribution >= 0.6 is 0 Å². The zero-order valence-electron chi connectivity index (χ0n) is 12.2. The van der Waals surface area contributed by atoms with Gasteiger partial charge in [0.2, 0.25) is 0 Å². The maximum absolute atomic E-state index is 12.5. The minimum absolute atomic E-state index is 0.181. The van der Waals surface area contributed by atoms with E-state index in [4.69, 9.17) is 0 Å². The number of H-pyrrole nitrogens is 1. The second kappa shape index (κ2) is 5.31. The molecule has 1 amide bonds. The fourth-order valence-corrected chi connectivity index (χ4v) is 3.09. The second-order valence-electron chi connectivity index (χ2n) is 5.94. The van der Waals surface area contributed by atoms with Crippen LogP contribution in [0.25, 0.3) is 10.8 Å². The summed E-state index contributed by atoms with van der Waals surface area (Å²) in [7, 11) is 0. The Labute approximate surface area is 122 Å². The molecule has 1 aliphatic rings. The highest BCUT2D eigenvalue weighted by Crippen LogP contribution is 2.31. The maximum atomic E-state index is 12.5. The average molecular weight is 285 g/mol. The van der Waals surface area contributed by atoms with Crippen molar-refractivity contribution in [2.45, 2.75) is 32.7 Å². The summed E-state index contributed by atoms with van der Waals surface area (Å²) in [6.45, 7) is 4.38. The SMILES string of the molecule is CC1CCC(NC(=O)c2n[nH]c(=O)c3ccccc23)C1C. The Bertz CT molecular complexity index is 738. The Balaban J connectivity index is 1.92. The summed E-state index contributed by atoms with van der Waals surface area (Å²) in [6, 6.07) is 7.22. The molecule has 0 radical (unpaired) electrons. The highest BCUT2D eigenvalue weighted by molar-refractivity contribution is 6.04. The molecule has 1 fully saturated rings. The number of benzene rings is 1. The Morgan fingerprint density at radius 3 is 2.62 bits per heavy atom. The van der Waals surface area contributed by atoms with Crippen LogP contribution in [0, 0.1) is 11.8 Å². The summed E-state index contributed by atoms with van der Waals surface area (Å²) in [5, 5.41) is 10.5. The zero-order valence-corrected chi connectivity index (χ0v) is 12.2. The molecule has 5 heteroatoms. The fraction of sp³-hybridized carbons (Fsp3) is 0.438. The molecule has 0 saturated heterocycles. The number of aromatic amines is 1. The minimum atomic E-state index is -0.273. The first kappa shape index (κ1) is 13.8. The Kier molecular flexibility index (Phi) is 3.49. The Hall–Kier alpha value is -2.17. The molecule has 1 aliphatic carbocycles. The summed E-state index contributed by atoms with van der Waals surface area (Å²) in [5.74, 6) is 0.868. The number of rotatable bonds is 2. The van der Waals surface area contributed by atoms with Gasteiger partial charge in [0.25, 0.3) is 11.5 Å². The van der Waals surface area contributed by atoms with Gasteiger partial charge in [0.05, 0.1) is 5.39 Å². The lowest BCUT2D eigenvalue weighted by Crippen LogP contribution is -2.38. The summed E-state index contributed by atoms with van der Waals surface area (Å²) in [6.07, 6.45) is 2.13. The first-order valence-electron chi connectivity index (χ1n) is 7.36. The van der Waals surface area contributed by atoms with Gasteiger partial charge < -0.3 is 5.32 Å². The number of carbonyl (C=O) groups is 1. The quantitative estimate of drug-likeness (QED) is 0.887. The lowest BCUT2D eigenvalue weighted by Gasteiger charge is -2.19. The van der Waals surface area contributed by atoms with Crippen LogP contribution in [-0.2, 0) is 0 Å². The van der Waals surface area contributed by atoms with E-state index in [9.17, 15) is 9.59 Å². The van der Waals surface area contributed by atoms with E-state index >= 15 is 0 Å². The molecule has 2 N–H and O–H groups in total. The largest absolute Gasteiger partial charge is 0.348 e. The third kappa shape index (κ3) is 2.44. The third-order valence-corrected chi connectivity index (χ3v) is 4.69. The summed E-state index contributed by atoms with van der Waals surface area (Å²) in [5.41, 5.74) is 0.0157. The van der Waals surface area contributed by atoms with Crippen molar-refractivity contribution in [2.24, 2.45) is 11.8 Å². The molecule has 110 valence electrons. The first-order valence-corrected chi connectivity index (χ1v) is 7.36. The molecule has 3 atom stereocenters. The van der Waals surface area contributed by atoms with Gasteiger partial charge in [-0.25, -0.2) is 5.10 Å². The summed E-state index contributed by atoms with van der Waals surface area (Å²) in [4.78, 5) is 24.2. The number of carbonyl (C=O) groups excluding carboxylic acids is 1. The van der Waals surface area contributed by atoms with Gasteiger partial charge in [-0.3, -0.25) is 9.59 Å². The number of fused-ring (bicyclic) bond motifs is 1. The molecule has 0 bridgehead atoms. The van der Waals surface area contributed by atoms with Crippen molar-refractivity contribution in [1.29, 1.82) is 0 Å². The van der Waals surface area contributed by atoms with Crippen LogP contribution in [0.3, 0.4) is 0 Å². The lowest BCUT2D eigenvalue weighted by atomic mass is 9.97. The molecule has 3 unspecified atom stereocenters. The highest BCUT2D eigenvalue weighted by Gasteiger charge is 2.31. The smallest absolute Gasteiger partial charge is 0.272 e. The maximum Gasteiger partial charge on any atom is 0.272 e. The lowest BCUT2D eigenvalue weighted by molar-refractivity contribution is 0.0923. The van der Waals surface area contributed by atoms with E-state index in [1.54, 1.807) is 24.3 Å². The van der Waals surface area contributed by atoms with Crippen LogP contribution in [-0.4, -0.2) is 22.1 Å². The van der Waals surface area contributed by atoms with Crippen molar-refractivity contribution in [3.05, 3.63) is 40.3 Å². The molecule has 1 aromatic carbocycles. The molecule has 1 heterocycles. The van der Waals surface area contributed by atoms with Crippen LogP contribution in [0.4, 0.5) is 0 Å². The second-order valence-corrected chi connectivity index (χ2v) is 5.94. The van der Waals surface area contributed by atoms with Gasteiger partial charge in [0, 0.05) is 11.4 Å². The van der Waals surface area contributed by atoms with E-state index in [2.05, 4.69) is 29.4 Å². The van der Waals surface area contributed by atoms with E-state index < -0.39 is 0 Å². The molecule has 21 heavy (non-hydrogen) atoms. The van der Waals surface area contributed by atoms with Crippen LogP contribution in [0.1, 0.15) is 37.2 Å².